The highest BCUT2D eigenvalue weighted by molar-refractivity contribution is 6.31. The lowest BCUT2D eigenvalue weighted by Crippen LogP contribution is -2.51. The van der Waals surface area contributed by atoms with Crippen molar-refractivity contribution in [1.82, 2.24) is 10.6 Å². The summed E-state index contributed by atoms with van der Waals surface area (Å²) < 4.78 is 10.7. The second-order valence-corrected chi connectivity index (χ2v) is 5.87. The summed E-state index contributed by atoms with van der Waals surface area (Å²) in [5, 5.41) is 6.67. The van der Waals surface area contributed by atoms with Crippen molar-refractivity contribution in [3.05, 3.63) is 59.7 Å². The minimum absolute atomic E-state index is 0.251. The van der Waals surface area contributed by atoms with Gasteiger partial charge in [-0.25, -0.2) is 4.79 Å². The predicted octanol–water partition coefficient (Wildman–Crippen LogP) is 1.46. The number of amides is 5. The summed E-state index contributed by atoms with van der Waals surface area (Å²) in [6.07, 6.45) is 1.28. The van der Waals surface area contributed by atoms with Crippen molar-refractivity contribution in [2.75, 3.05) is 19.0 Å². The van der Waals surface area contributed by atoms with Crippen LogP contribution in [0.15, 0.2) is 54.1 Å². The van der Waals surface area contributed by atoms with Crippen molar-refractivity contribution < 1.29 is 28.7 Å². The number of rotatable bonds is 6. The third-order valence-electron chi connectivity index (χ3n) is 3.90. The maximum absolute atomic E-state index is 12.2. The van der Waals surface area contributed by atoms with Crippen LogP contribution in [0, 0.1) is 0 Å². The van der Waals surface area contributed by atoms with Gasteiger partial charge in [-0.2, -0.15) is 0 Å². The quantitative estimate of drug-likeness (QED) is 0.503. The van der Waals surface area contributed by atoms with Gasteiger partial charge in [-0.15, -0.1) is 0 Å². The van der Waals surface area contributed by atoms with Gasteiger partial charge in [0.2, 0.25) is 0 Å². The van der Waals surface area contributed by atoms with E-state index >= 15 is 0 Å². The smallest absolute Gasteiger partial charge is 0.328 e. The summed E-state index contributed by atoms with van der Waals surface area (Å²) in [4.78, 5) is 47.1. The van der Waals surface area contributed by atoms with Gasteiger partial charge in [0, 0.05) is 5.56 Å². The molecule has 148 valence electrons. The first-order chi connectivity index (χ1) is 14.0. The second kappa shape index (κ2) is 8.70. The Labute approximate surface area is 165 Å². The topological polar surface area (TPSA) is 123 Å². The van der Waals surface area contributed by atoms with E-state index < -0.39 is 23.8 Å². The number of anilines is 1. The molecule has 1 aliphatic rings. The van der Waals surface area contributed by atoms with E-state index in [9.17, 15) is 19.2 Å². The minimum atomic E-state index is -0.880. The molecule has 2 aromatic rings. The number of hydrogen-bond acceptors (Lipinski definition) is 6. The van der Waals surface area contributed by atoms with Gasteiger partial charge in [0.05, 0.1) is 12.8 Å². The fourth-order valence-corrected chi connectivity index (χ4v) is 2.57. The van der Waals surface area contributed by atoms with Crippen LogP contribution in [-0.4, -0.2) is 37.5 Å². The maximum Gasteiger partial charge on any atom is 0.328 e. The van der Waals surface area contributed by atoms with Gasteiger partial charge in [-0.1, -0.05) is 30.3 Å². The second-order valence-electron chi connectivity index (χ2n) is 5.87. The summed E-state index contributed by atoms with van der Waals surface area (Å²) in [6.45, 7) is -0.310. The fraction of sp³-hybridized carbons (Fsp3) is 0.100. The molecule has 29 heavy (non-hydrogen) atoms. The van der Waals surface area contributed by atoms with Crippen LogP contribution in [0.25, 0.3) is 6.08 Å². The number of para-hydroxylation sites is 3. The molecule has 1 fully saturated rings. The number of nitrogens with one attached hydrogen (secondary N) is 3. The van der Waals surface area contributed by atoms with Crippen molar-refractivity contribution in [2.24, 2.45) is 0 Å². The molecule has 0 bridgehead atoms. The van der Waals surface area contributed by atoms with Crippen molar-refractivity contribution in [2.45, 2.75) is 0 Å². The lowest BCUT2D eigenvalue weighted by Gasteiger charge is -2.15. The normalized spacial score (nSPS) is 13.3. The van der Waals surface area contributed by atoms with Crippen LogP contribution in [0.1, 0.15) is 5.56 Å². The molecule has 9 nitrogen and oxygen atoms in total. The number of methoxy groups -OCH3 is 1. The molecule has 3 N–H and O–H groups in total. The Morgan fingerprint density at radius 3 is 2.28 bits per heavy atom. The summed E-state index contributed by atoms with van der Waals surface area (Å²) in [6, 6.07) is 12.6. The first-order valence-electron chi connectivity index (χ1n) is 8.51. The van der Waals surface area contributed by atoms with E-state index in [1.165, 1.54) is 13.2 Å². The summed E-state index contributed by atoms with van der Waals surface area (Å²) in [5.41, 5.74) is 0.644. The highest BCUT2D eigenvalue weighted by atomic mass is 16.5. The minimum Gasteiger partial charge on any atom is -0.495 e. The Balaban J connectivity index is 1.72. The largest absolute Gasteiger partial charge is 0.495 e. The van der Waals surface area contributed by atoms with Gasteiger partial charge < -0.3 is 14.8 Å². The third kappa shape index (κ3) is 4.78. The van der Waals surface area contributed by atoms with Crippen LogP contribution in [0.2, 0.25) is 0 Å². The predicted molar refractivity (Wildman–Crippen MR) is 103 cm³/mol. The summed E-state index contributed by atoms with van der Waals surface area (Å²) in [7, 11) is 1.50. The number of urea groups is 1. The molecule has 0 saturated carbocycles. The Kier molecular flexibility index (Phi) is 5.88. The SMILES string of the molecule is COc1ccccc1NC(=O)COc1ccccc1C=C1C(=O)NC(=O)NC1=O. The van der Waals surface area contributed by atoms with E-state index in [2.05, 4.69) is 5.32 Å². The summed E-state index contributed by atoms with van der Waals surface area (Å²) in [5.74, 6) is -1.26. The van der Waals surface area contributed by atoms with Crippen molar-refractivity contribution >= 4 is 35.5 Å². The number of carbonyl (C=O) groups excluding carboxylic acids is 4. The Morgan fingerprint density at radius 2 is 1.59 bits per heavy atom. The molecule has 0 radical (unpaired) electrons. The lowest BCUT2D eigenvalue weighted by molar-refractivity contribution is -0.124. The van der Waals surface area contributed by atoms with Crippen molar-refractivity contribution in [3.63, 3.8) is 0 Å². The van der Waals surface area contributed by atoms with Gasteiger partial charge in [0.1, 0.15) is 17.1 Å². The van der Waals surface area contributed by atoms with Crippen molar-refractivity contribution in [3.8, 4) is 11.5 Å². The zero-order valence-corrected chi connectivity index (χ0v) is 15.4. The van der Waals surface area contributed by atoms with E-state index in [0.717, 1.165) is 0 Å². The highest BCUT2D eigenvalue weighted by Crippen LogP contribution is 2.24. The molecule has 5 amide bonds. The number of imide groups is 2. The molecule has 1 saturated heterocycles. The summed E-state index contributed by atoms with van der Waals surface area (Å²) >= 11 is 0. The molecule has 3 rings (SSSR count). The number of benzene rings is 2. The molecular weight excluding hydrogens is 378 g/mol. The molecule has 0 unspecified atom stereocenters. The number of ether oxygens (including phenoxy) is 2. The van der Waals surface area contributed by atoms with Gasteiger partial charge in [0.15, 0.2) is 6.61 Å². The molecule has 1 aliphatic heterocycles. The molecule has 2 aromatic carbocycles. The van der Waals surface area contributed by atoms with E-state index in [-0.39, 0.29) is 17.9 Å². The molecule has 9 heteroatoms. The Morgan fingerprint density at radius 1 is 0.966 bits per heavy atom. The Bertz CT molecular complexity index is 993. The van der Waals surface area contributed by atoms with Crippen LogP contribution >= 0.6 is 0 Å². The molecule has 0 aromatic heterocycles. The van der Waals surface area contributed by atoms with Gasteiger partial charge in [-0.05, 0) is 24.3 Å². The lowest BCUT2D eigenvalue weighted by atomic mass is 10.1. The zero-order valence-electron chi connectivity index (χ0n) is 15.4. The van der Waals surface area contributed by atoms with E-state index in [0.29, 0.717) is 17.0 Å². The monoisotopic (exact) mass is 395 g/mol. The fourth-order valence-electron chi connectivity index (χ4n) is 2.57. The average molecular weight is 395 g/mol. The van der Waals surface area contributed by atoms with Crippen LogP contribution in [0.3, 0.4) is 0 Å². The average Bonchev–Trinajstić information content (AvgIpc) is 2.70. The van der Waals surface area contributed by atoms with Crippen LogP contribution < -0.4 is 25.4 Å². The number of hydrogen-bond donors (Lipinski definition) is 3. The van der Waals surface area contributed by atoms with Gasteiger partial charge >= 0.3 is 6.03 Å². The molecule has 0 spiro atoms. The molecule has 0 atom stereocenters. The number of barbiturate groups is 1. The Hall–Kier alpha value is -4.14. The number of carbonyl (C=O) groups is 4. The highest BCUT2D eigenvalue weighted by Gasteiger charge is 2.28. The van der Waals surface area contributed by atoms with Crippen LogP contribution in [-0.2, 0) is 14.4 Å². The molecule has 0 aliphatic carbocycles. The van der Waals surface area contributed by atoms with E-state index in [1.807, 2.05) is 10.6 Å². The molecule has 1 heterocycles. The van der Waals surface area contributed by atoms with E-state index in [1.54, 1.807) is 48.5 Å². The first-order valence-corrected chi connectivity index (χ1v) is 8.51. The first kappa shape index (κ1) is 19.6. The van der Waals surface area contributed by atoms with Gasteiger partial charge in [-0.3, -0.25) is 25.0 Å². The standard InChI is InChI=1S/C20H17N3O6/c1-28-16-9-5-3-7-14(16)21-17(24)11-29-15-8-4-2-6-12(15)10-13-18(25)22-20(27)23-19(13)26/h2-10H,11H2,1H3,(H,21,24)(H2,22,23,25,26,27). The van der Waals surface area contributed by atoms with Crippen molar-refractivity contribution in [1.29, 1.82) is 0 Å². The zero-order chi connectivity index (χ0) is 20.8. The van der Waals surface area contributed by atoms with Gasteiger partial charge in [0.25, 0.3) is 17.7 Å². The van der Waals surface area contributed by atoms with Crippen LogP contribution in [0.5, 0.6) is 11.5 Å². The van der Waals surface area contributed by atoms with Crippen LogP contribution in [0.4, 0.5) is 10.5 Å². The maximum atomic E-state index is 12.2. The third-order valence-corrected chi connectivity index (χ3v) is 3.90. The molecular formula is C20H17N3O6. The van der Waals surface area contributed by atoms with E-state index in [4.69, 9.17) is 9.47 Å².